The molecule has 0 radical (unpaired) electrons. The van der Waals surface area contributed by atoms with E-state index in [1.54, 1.807) is 24.0 Å². The zero-order chi connectivity index (χ0) is 14.0. The van der Waals surface area contributed by atoms with Gasteiger partial charge < -0.3 is 5.73 Å². The molecule has 0 aliphatic heterocycles. The van der Waals surface area contributed by atoms with Gasteiger partial charge >= 0.3 is 0 Å². The van der Waals surface area contributed by atoms with Crippen LogP contribution in [-0.4, -0.2) is 15.6 Å². The van der Waals surface area contributed by atoms with Gasteiger partial charge in [-0.1, -0.05) is 23.7 Å². The van der Waals surface area contributed by atoms with Crippen LogP contribution in [0.5, 0.6) is 0 Å². The predicted molar refractivity (Wildman–Crippen MR) is 70.3 cm³/mol. The van der Waals surface area contributed by atoms with Gasteiger partial charge in [-0.3, -0.25) is 9.48 Å². The number of ketones is 1. The first-order chi connectivity index (χ1) is 8.99. The molecule has 0 aliphatic carbocycles. The zero-order valence-corrected chi connectivity index (χ0v) is 11.1. The summed E-state index contributed by atoms with van der Waals surface area (Å²) in [6.07, 6.45) is 3.09. The Hall–Kier alpha value is -1.72. The van der Waals surface area contributed by atoms with Crippen molar-refractivity contribution in [3.63, 3.8) is 0 Å². The standard InChI is InChI=1S/C13H13ClFN3O/c1-18-7-9(6-17-18)13(16)11(19)5-8-3-2-4-10(14)12(8)15/h2-4,6-7,13H,5,16H2,1H3. The summed E-state index contributed by atoms with van der Waals surface area (Å²) < 4.78 is 15.2. The Balaban J connectivity index is 2.15. The van der Waals surface area contributed by atoms with E-state index in [9.17, 15) is 9.18 Å². The van der Waals surface area contributed by atoms with Crippen LogP contribution in [0.2, 0.25) is 5.02 Å². The average Bonchev–Trinajstić information content (AvgIpc) is 2.80. The van der Waals surface area contributed by atoms with Crippen LogP contribution >= 0.6 is 11.6 Å². The minimum absolute atomic E-state index is 0.000231. The molecule has 2 aromatic rings. The molecule has 6 heteroatoms. The molecule has 1 aromatic carbocycles. The van der Waals surface area contributed by atoms with E-state index in [0.29, 0.717) is 5.56 Å². The van der Waals surface area contributed by atoms with Gasteiger partial charge in [0, 0.05) is 25.2 Å². The lowest BCUT2D eigenvalue weighted by Crippen LogP contribution is -2.23. The lowest BCUT2D eigenvalue weighted by Gasteiger charge is -2.09. The second-order valence-corrected chi connectivity index (χ2v) is 4.69. The van der Waals surface area contributed by atoms with Gasteiger partial charge in [0.1, 0.15) is 5.82 Å². The molecule has 1 heterocycles. The smallest absolute Gasteiger partial charge is 0.158 e. The number of carbonyl (C=O) groups excluding carboxylic acids is 1. The van der Waals surface area contributed by atoms with E-state index in [1.807, 2.05) is 0 Å². The number of hydrogen-bond acceptors (Lipinski definition) is 3. The first-order valence-electron chi connectivity index (χ1n) is 5.68. The van der Waals surface area contributed by atoms with Crippen molar-refractivity contribution in [3.8, 4) is 0 Å². The van der Waals surface area contributed by atoms with Gasteiger partial charge in [0.05, 0.1) is 17.3 Å². The molecule has 0 aliphatic rings. The van der Waals surface area contributed by atoms with Crippen LogP contribution in [0, 0.1) is 5.82 Å². The third-order valence-electron chi connectivity index (χ3n) is 2.83. The molecule has 1 aromatic heterocycles. The van der Waals surface area contributed by atoms with Gasteiger partial charge in [-0.25, -0.2) is 4.39 Å². The number of aromatic nitrogens is 2. The van der Waals surface area contributed by atoms with Gasteiger partial charge in [-0.05, 0) is 11.6 Å². The van der Waals surface area contributed by atoms with Crippen LogP contribution in [-0.2, 0) is 18.3 Å². The molecule has 0 saturated heterocycles. The summed E-state index contributed by atoms with van der Waals surface area (Å²) in [5.74, 6) is -0.856. The van der Waals surface area contributed by atoms with Crippen LogP contribution in [0.1, 0.15) is 17.2 Å². The summed E-state index contributed by atoms with van der Waals surface area (Å²) in [6, 6.07) is 3.75. The topological polar surface area (TPSA) is 60.9 Å². The SMILES string of the molecule is Cn1cc(C(N)C(=O)Cc2cccc(Cl)c2F)cn1. The highest BCUT2D eigenvalue weighted by Gasteiger charge is 2.19. The maximum Gasteiger partial charge on any atom is 0.158 e. The van der Waals surface area contributed by atoms with Gasteiger partial charge in [0.2, 0.25) is 0 Å². The maximum absolute atomic E-state index is 13.7. The van der Waals surface area contributed by atoms with Crippen molar-refractivity contribution in [2.24, 2.45) is 12.8 Å². The van der Waals surface area contributed by atoms with Crippen molar-refractivity contribution in [1.29, 1.82) is 0 Å². The van der Waals surface area contributed by atoms with Gasteiger partial charge in [0.25, 0.3) is 0 Å². The molecule has 0 spiro atoms. The van der Waals surface area contributed by atoms with Crippen LogP contribution < -0.4 is 5.73 Å². The van der Waals surface area contributed by atoms with Crippen LogP contribution in [0.25, 0.3) is 0 Å². The monoisotopic (exact) mass is 281 g/mol. The Labute approximate surface area is 115 Å². The Kier molecular flexibility index (Phi) is 3.97. The number of aryl methyl sites for hydroxylation is 1. The number of hydrogen-bond donors (Lipinski definition) is 1. The number of Topliss-reactive ketones (excluding diaryl/α,β-unsaturated/α-hetero) is 1. The summed E-state index contributed by atoms with van der Waals surface area (Å²) in [5.41, 5.74) is 6.68. The van der Waals surface area contributed by atoms with Crippen LogP contribution in [0.4, 0.5) is 4.39 Å². The summed E-state index contributed by atoms with van der Waals surface area (Å²) >= 11 is 5.67. The molecule has 1 unspecified atom stereocenters. The van der Waals surface area contributed by atoms with Crippen molar-refractivity contribution >= 4 is 17.4 Å². The second kappa shape index (κ2) is 5.50. The van der Waals surface area contributed by atoms with Crippen molar-refractivity contribution in [2.75, 3.05) is 0 Å². The number of benzene rings is 1. The fourth-order valence-electron chi connectivity index (χ4n) is 1.77. The Morgan fingerprint density at radius 2 is 2.32 bits per heavy atom. The Morgan fingerprint density at radius 1 is 1.58 bits per heavy atom. The highest BCUT2D eigenvalue weighted by atomic mass is 35.5. The van der Waals surface area contributed by atoms with E-state index in [4.69, 9.17) is 17.3 Å². The zero-order valence-electron chi connectivity index (χ0n) is 10.3. The molecule has 1 atom stereocenters. The minimum Gasteiger partial charge on any atom is -0.318 e. The lowest BCUT2D eigenvalue weighted by molar-refractivity contribution is -0.119. The summed E-state index contributed by atoms with van der Waals surface area (Å²) in [4.78, 5) is 12.0. The number of rotatable bonds is 4. The number of nitrogens with zero attached hydrogens (tertiary/aromatic N) is 2. The fourth-order valence-corrected chi connectivity index (χ4v) is 1.96. The first kappa shape index (κ1) is 13.7. The van der Waals surface area contributed by atoms with Crippen LogP contribution in [0.3, 0.4) is 0 Å². The van der Waals surface area contributed by atoms with Crippen molar-refractivity contribution in [3.05, 3.63) is 52.6 Å². The molecule has 2 N–H and O–H groups in total. The fraction of sp³-hybridized carbons (Fsp3) is 0.231. The van der Waals surface area contributed by atoms with E-state index in [0.717, 1.165) is 0 Å². The van der Waals surface area contributed by atoms with Gasteiger partial charge in [-0.15, -0.1) is 0 Å². The molecular formula is C13H13ClFN3O. The van der Waals surface area contributed by atoms with E-state index in [-0.39, 0.29) is 22.8 Å². The molecule has 0 fully saturated rings. The number of nitrogens with two attached hydrogens (primary N) is 1. The molecular weight excluding hydrogens is 269 g/mol. The highest BCUT2D eigenvalue weighted by Crippen LogP contribution is 2.20. The quantitative estimate of drug-likeness (QED) is 0.933. The Bertz CT molecular complexity index is 612. The highest BCUT2D eigenvalue weighted by molar-refractivity contribution is 6.30. The van der Waals surface area contributed by atoms with Gasteiger partial charge in [0.15, 0.2) is 5.78 Å². The molecule has 19 heavy (non-hydrogen) atoms. The molecule has 0 amide bonds. The summed E-state index contributed by atoms with van der Waals surface area (Å²) in [5, 5.41) is 3.95. The van der Waals surface area contributed by atoms with E-state index >= 15 is 0 Å². The third kappa shape index (κ3) is 3.00. The third-order valence-corrected chi connectivity index (χ3v) is 3.12. The molecule has 0 saturated carbocycles. The molecule has 4 nitrogen and oxygen atoms in total. The lowest BCUT2D eigenvalue weighted by atomic mass is 10.0. The average molecular weight is 282 g/mol. The molecule has 0 bridgehead atoms. The van der Waals surface area contributed by atoms with E-state index < -0.39 is 11.9 Å². The van der Waals surface area contributed by atoms with E-state index in [2.05, 4.69) is 5.10 Å². The van der Waals surface area contributed by atoms with Crippen molar-refractivity contribution < 1.29 is 9.18 Å². The Morgan fingerprint density at radius 3 is 2.95 bits per heavy atom. The van der Waals surface area contributed by atoms with Crippen LogP contribution in [0.15, 0.2) is 30.6 Å². The summed E-state index contributed by atoms with van der Waals surface area (Å²) in [6.45, 7) is 0. The van der Waals surface area contributed by atoms with Crippen molar-refractivity contribution in [1.82, 2.24) is 9.78 Å². The minimum atomic E-state index is -0.813. The number of halogens is 2. The predicted octanol–water partition coefficient (Wildman–Crippen LogP) is 2.02. The second-order valence-electron chi connectivity index (χ2n) is 4.28. The number of carbonyl (C=O) groups is 1. The normalized spacial score (nSPS) is 12.4. The first-order valence-corrected chi connectivity index (χ1v) is 6.06. The summed E-state index contributed by atoms with van der Waals surface area (Å²) in [7, 11) is 1.73. The van der Waals surface area contributed by atoms with Gasteiger partial charge in [-0.2, -0.15) is 5.10 Å². The molecule has 2 rings (SSSR count). The van der Waals surface area contributed by atoms with Crippen molar-refractivity contribution in [2.45, 2.75) is 12.5 Å². The largest absolute Gasteiger partial charge is 0.318 e. The maximum atomic E-state index is 13.7. The molecule has 100 valence electrons. The van der Waals surface area contributed by atoms with E-state index in [1.165, 1.54) is 18.3 Å².